The van der Waals surface area contributed by atoms with E-state index in [1.54, 1.807) is 24.4 Å². The zero-order valence-corrected chi connectivity index (χ0v) is 36.2. The molecule has 4 N–H and O–H groups in total. The number of pyridine rings is 1. The summed E-state index contributed by atoms with van der Waals surface area (Å²) < 4.78 is 41.0. The van der Waals surface area contributed by atoms with Crippen LogP contribution in [0.1, 0.15) is 61.9 Å². The fourth-order valence-corrected chi connectivity index (χ4v) is 9.49. The minimum atomic E-state index is -4.61. The molecule has 0 unspecified atom stereocenters. The van der Waals surface area contributed by atoms with Crippen LogP contribution in [0.15, 0.2) is 95.7 Å². The Bertz CT molecular complexity index is 2620. The lowest BCUT2D eigenvalue weighted by atomic mass is 9.72. The van der Waals surface area contributed by atoms with E-state index < -0.39 is 37.0 Å². The topological polar surface area (TPSA) is 192 Å². The molecule has 3 aromatic carbocycles. The number of aromatic amines is 1. The van der Waals surface area contributed by atoms with Crippen LogP contribution in [0.4, 0.5) is 17.1 Å². The van der Waals surface area contributed by atoms with Gasteiger partial charge in [-0.3, -0.25) is 19.8 Å². The first-order chi connectivity index (χ1) is 29.6. The van der Waals surface area contributed by atoms with E-state index in [0.717, 1.165) is 61.1 Å². The average molecular weight is 884 g/mol. The van der Waals surface area contributed by atoms with Crippen molar-refractivity contribution >= 4 is 61.2 Å². The van der Waals surface area contributed by atoms with Gasteiger partial charge >= 0.3 is 0 Å². The van der Waals surface area contributed by atoms with Gasteiger partial charge in [0, 0.05) is 99.7 Å². The summed E-state index contributed by atoms with van der Waals surface area (Å²) in [4.78, 5) is 36.9. The second kappa shape index (κ2) is 17.7. The Morgan fingerprint density at radius 1 is 1.02 bits per heavy atom. The van der Waals surface area contributed by atoms with Crippen molar-refractivity contribution in [2.24, 2.45) is 5.41 Å². The van der Waals surface area contributed by atoms with Crippen molar-refractivity contribution in [2.75, 3.05) is 62.7 Å². The smallest absolute Gasteiger partial charge is 0.293 e. The van der Waals surface area contributed by atoms with Gasteiger partial charge < -0.3 is 29.8 Å². The van der Waals surface area contributed by atoms with Crippen molar-refractivity contribution in [1.82, 2.24) is 19.6 Å². The number of allylic oxidation sites excluding steroid dienone is 1. The summed E-state index contributed by atoms with van der Waals surface area (Å²) in [6, 6.07) is 20.0. The van der Waals surface area contributed by atoms with E-state index in [0.29, 0.717) is 50.5 Å². The van der Waals surface area contributed by atoms with Crippen LogP contribution in [0.25, 0.3) is 16.6 Å². The summed E-state index contributed by atoms with van der Waals surface area (Å²) in [6.07, 6.45) is 7.12. The van der Waals surface area contributed by atoms with Crippen LogP contribution >= 0.6 is 11.6 Å². The molecule has 15 nitrogen and oxygen atoms in total. The lowest BCUT2D eigenvalue weighted by molar-refractivity contribution is -0.384. The summed E-state index contributed by atoms with van der Waals surface area (Å²) in [5, 5.41) is 27.3. The van der Waals surface area contributed by atoms with Crippen molar-refractivity contribution in [3.05, 3.63) is 117 Å². The molecule has 0 atom stereocenters. The van der Waals surface area contributed by atoms with Gasteiger partial charge in [-0.15, -0.1) is 0 Å². The molecule has 62 heavy (non-hydrogen) atoms. The first-order valence-corrected chi connectivity index (χ1v) is 22.6. The number of amides is 1. The molecule has 1 aliphatic carbocycles. The first kappa shape index (κ1) is 43.1. The zero-order valence-electron chi connectivity index (χ0n) is 34.7. The van der Waals surface area contributed by atoms with Crippen LogP contribution in [0.3, 0.4) is 0 Å². The number of piperazine rings is 1. The highest BCUT2D eigenvalue weighted by atomic mass is 35.5. The van der Waals surface area contributed by atoms with E-state index in [4.69, 9.17) is 21.1 Å². The molecule has 0 radical (unpaired) electrons. The highest BCUT2D eigenvalue weighted by Gasteiger charge is 2.32. The van der Waals surface area contributed by atoms with Crippen LogP contribution in [0, 0.1) is 15.5 Å². The number of ether oxygens (including phenoxy) is 2. The van der Waals surface area contributed by atoms with Gasteiger partial charge in [0.1, 0.15) is 22.8 Å². The maximum atomic E-state index is 13.9. The van der Waals surface area contributed by atoms with E-state index in [1.165, 1.54) is 41.1 Å². The second-order valence-corrected chi connectivity index (χ2v) is 19.2. The first-order valence-electron chi connectivity index (χ1n) is 20.7. The van der Waals surface area contributed by atoms with E-state index in [1.807, 2.05) is 18.2 Å². The summed E-state index contributed by atoms with van der Waals surface area (Å²) in [5.74, 6) is -0.548. The summed E-state index contributed by atoms with van der Waals surface area (Å²) in [6.45, 7) is 9.28. The number of carbonyl (C=O) groups excluding carboxylic acids is 1. The summed E-state index contributed by atoms with van der Waals surface area (Å²) >= 11 is 6.24. The molecule has 0 bridgehead atoms. The Balaban J connectivity index is 1.01. The van der Waals surface area contributed by atoms with Gasteiger partial charge in [0.2, 0.25) is 0 Å². The van der Waals surface area contributed by atoms with E-state index >= 15 is 0 Å². The quantitative estimate of drug-likeness (QED) is 0.0665. The molecule has 326 valence electrons. The number of rotatable bonds is 13. The number of hydrogen-bond acceptors (Lipinski definition) is 12. The average Bonchev–Trinajstić information content (AvgIpc) is 3.72. The number of aliphatic hydroxyl groups is 1. The monoisotopic (exact) mass is 883 g/mol. The number of nitro groups is 1. The Morgan fingerprint density at radius 3 is 2.52 bits per heavy atom. The predicted octanol–water partition coefficient (Wildman–Crippen LogP) is 7.77. The minimum Gasteiger partial charge on any atom is -0.455 e. The zero-order chi connectivity index (χ0) is 43.6. The maximum Gasteiger partial charge on any atom is 0.293 e. The molecule has 17 heteroatoms. The molecule has 2 aromatic heterocycles. The number of nitro benzene ring substituents is 1. The number of benzene rings is 3. The Morgan fingerprint density at radius 2 is 1.77 bits per heavy atom. The number of fused-ring (bicyclic) bond motifs is 1. The fraction of sp³-hybridized carbons (Fsp3) is 0.378. The third-order valence-electron chi connectivity index (χ3n) is 12.1. The largest absolute Gasteiger partial charge is 0.455 e. The molecular weight excluding hydrogens is 834 g/mol. The number of nitrogens with one attached hydrogen (secondary N) is 3. The fourth-order valence-electron chi connectivity index (χ4n) is 8.38. The number of nitrogens with zero attached hydrogens (tertiary/aromatic N) is 4. The van der Waals surface area contributed by atoms with Gasteiger partial charge in [-0.25, -0.2) is 18.1 Å². The number of sulfonamides is 1. The third-order valence-corrected chi connectivity index (χ3v) is 13.7. The van der Waals surface area contributed by atoms with Gasteiger partial charge in [-0.1, -0.05) is 43.2 Å². The molecule has 0 saturated carbocycles. The summed E-state index contributed by atoms with van der Waals surface area (Å²) in [5.41, 5.74) is 4.04. The maximum absolute atomic E-state index is 13.9. The van der Waals surface area contributed by atoms with E-state index in [-0.39, 0.29) is 29.0 Å². The molecule has 5 aromatic rings. The van der Waals surface area contributed by atoms with Gasteiger partial charge in [0.25, 0.3) is 21.6 Å². The lowest BCUT2D eigenvalue weighted by Gasteiger charge is -2.39. The highest BCUT2D eigenvalue weighted by molar-refractivity contribution is 7.90. The number of carbonyl (C=O) groups is 1. The number of halogens is 1. The van der Waals surface area contributed by atoms with Crippen LogP contribution in [-0.4, -0.2) is 97.3 Å². The molecule has 2 aliphatic heterocycles. The van der Waals surface area contributed by atoms with Crippen molar-refractivity contribution < 1.29 is 32.7 Å². The molecule has 8 rings (SSSR count). The Labute approximate surface area is 365 Å². The number of anilines is 2. The van der Waals surface area contributed by atoms with Crippen LogP contribution < -0.4 is 19.7 Å². The molecule has 0 spiro atoms. The predicted molar refractivity (Wildman–Crippen MR) is 239 cm³/mol. The molecule has 3 aliphatic rings. The Kier molecular flexibility index (Phi) is 12.3. The number of H-pyrrole nitrogens is 1. The molecule has 4 heterocycles. The van der Waals surface area contributed by atoms with Crippen LogP contribution in [-0.2, 0) is 14.8 Å². The van der Waals surface area contributed by atoms with Gasteiger partial charge in [0.05, 0.1) is 27.2 Å². The van der Waals surface area contributed by atoms with Crippen molar-refractivity contribution in [1.29, 1.82) is 0 Å². The van der Waals surface area contributed by atoms with Crippen LogP contribution in [0.2, 0.25) is 5.02 Å². The third kappa shape index (κ3) is 9.90. The van der Waals surface area contributed by atoms with Crippen LogP contribution in [0.5, 0.6) is 11.5 Å². The van der Waals surface area contributed by atoms with Gasteiger partial charge in [0.15, 0.2) is 0 Å². The molecule has 2 fully saturated rings. The number of hydrogen-bond donors (Lipinski definition) is 4. The van der Waals surface area contributed by atoms with Gasteiger partial charge in [-0.05, 0) is 84.3 Å². The second-order valence-electron chi connectivity index (χ2n) is 17.1. The Hall–Kier alpha value is -5.52. The van der Waals surface area contributed by atoms with E-state index in [9.17, 15) is 28.4 Å². The normalized spacial score (nSPS) is 18.1. The minimum absolute atomic E-state index is 0.00386. The van der Waals surface area contributed by atoms with Crippen molar-refractivity contribution in [2.45, 2.75) is 56.4 Å². The molecule has 2 saturated heterocycles. The van der Waals surface area contributed by atoms with E-state index in [2.05, 4.69) is 55.8 Å². The van der Waals surface area contributed by atoms with Crippen molar-refractivity contribution in [3.8, 4) is 11.5 Å². The summed E-state index contributed by atoms with van der Waals surface area (Å²) in [7, 11) is -4.61. The molecular formula is C45H50ClN7O8S. The SMILES string of the molecule is CC1(C)CCC(CN2CCN(c3ccc(C(=O)NS(=O)(=O)c4ccc(NCC5(O)CCOCC5)c([N+](=O)[O-])c4)c(Oc4cnc5[nH]ccc5c4)c3)CC2)=C(c2ccc(Cl)cc2)C1. The number of aromatic nitrogens is 2. The standard InChI is InChI=1S/C45H50ClN7O8S/c1-44(2)13-11-32(38(26-44)30-3-5-33(46)6-4-30)28-51-17-19-52(20-18-51)34-7-9-37(41(24-34)61-35-23-31-12-16-47-42(31)48-27-35)43(54)50-62(58,59)36-8-10-39(40(25-36)53(56)57)49-29-45(55)14-21-60-22-15-45/h3-10,12,16,23-25,27,49,55H,11,13-15,17-22,26,28-29H2,1-2H3,(H,47,48)(H,50,54). The highest BCUT2D eigenvalue weighted by Crippen LogP contribution is 2.43. The lowest BCUT2D eigenvalue weighted by Crippen LogP contribution is -2.47. The molecule has 1 amide bonds. The van der Waals surface area contributed by atoms with Gasteiger partial charge in [-0.2, -0.15) is 0 Å². The van der Waals surface area contributed by atoms with Crippen molar-refractivity contribution in [3.63, 3.8) is 0 Å².